The minimum absolute atomic E-state index is 0.281. The first-order valence-corrected chi connectivity index (χ1v) is 9.06. The molecule has 25 heavy (non-hydrogen) atoms. The minimum atomic E-state index is -0.306. The van der Waals surface area contributed by atoms with Crippen molar-refractivity contribution in [3.8, 4) is 0 Å². The largest absolute Gasteiger partial charge is 0.315 e. The van der Waals surface area contributed by atoms with Gasteiger partial charge in [0.2, 0.25) is 0 Å². The summed E-state index contributed by atoms with van der Waals surface area (Å²) in [6, 6.07) is 5.09. The van der Waals surface area contributed by atoms with Crippen molar-refractivity contribution >= 4 is 32.6 Å². The first-order valence-electron chi connectivity index (χ1n) is 8.24. The Bertz CT molecular complexity index is 928. The highest BCUT2D eigenvalue weighted by Gasteiger charge is 2.19. The van der Waals surface area contributed by atoms with Crippen molar-refractivity contribution in [1.82, 2.24) is 20.1 Å². The molecule has 2 N–H and O–H groups in total. The van der Waals surface area contributed by atoms with Crippen molar-refractivity contribution in [3.63, 3.8) is 0 Å². The molecule has 130 valence electrons. The molecule has 0 radical (unpaired) electrons. The van der Waals surface area contributed by atoms with E-state index in [1.54, 1.807) is 19.1 Å². The first-order chi connectivity index (χ1) is 12.1. The van der Waals surface area contributed by atoms with Gasteiger partial charge >= 0.3 is 0 Å². The molecule has 1 amide bonds. The van der Waals surface area contributed by atoms with Gasteiger partial charge in [0.15, 0.2) is 10.8 Å². The molecule has 1 aromatic carbocycles. The monoisotopic (exact) mass is 359 g/mol. The topological polar surface area (TPSA) is 71.8 Å². The normalized spacial score (nSPS) is 17.8. The van der Waals surface area contributed by atoms with Crippen LogP contribution in [0.5, 0.6) is 0 Å². The summed E-state index contributed by atoms with van der Waals surface area (Å²) in [4.78, 5) is 16.8. The molecular weight excluding hydrogens is 341 g/mol. The zero-order valence-electron chi connectivity index (χ0n) is 13.8. The van der Waals surface area contributed by atoms with Crippen LogP contribution < -0.4 is 10.6 Å². The molecule has 0 bridgehead atoms. The predicted molar refractivity (Wildman–Crippen MR) is 95.6 cm³/mol. The fourth-order valence-electron chi connectivity index (χ4n) is 3.04. The highest BCUT2D eigenvalue weighted by Crippen LogP contribution is 2.29. The zero-order chi connectivity index (χ0) is 17.4. The van der Waals surface area contributed by atoms with Gasteiger partial charge in [0.05, 0.1) is 16.3 Å². The minimum Gasteiger partial charge on any atom is -0.315 e. The number of hydrogen-bond acceptors (Lipinski definition) is 5. The predicted octanol–water partition coefficient (Wildman–Crippen LogP) is 3.12. The van der Waals surface area contributed by atoms with Gasteiger partial charge in [-0.15, -0.1) is 0 Å². The number of aryl methyl sites for hydroxylation is 1. The van der Waals surface area contributed by atoms with Crippen LogP contribution in [0.3, 0.4) is 0 Å². The van der Waals surface area contributed by atoms with Crippen LogP contribution in [0, 0.1) is 12.7 Å². The van der Waals surface area contributed by atoms with Crippen LogP contribution >= 0.6 is 11.3 Å². The number of halogens is 1. The molecule has 6 nitrogen and oxygen atoms in total. The Balaban J connectivity index is 1.52. The number of carbonyl (C=O) groups is 1. The lowest BCUT2D eigenvalue weighted by Crippen LogP contribution is -2.32. The summed E-state index contributed by atoms with van der Waals surface area (Å²) in [7, 11) is 0. The Morgan fingerprint density at radius 3 is 3.12 bits per heavy atom. The van der Waals surface area contributed by atoms with E-state index in [0.717, 1.165) is 30.6 Å². The van der Waals surface area contributed by atoms with Crippen molar-refractivity contribution in [2.75, 3.05) is 18.4 Å². The fourth-order valence-corrected chi connectivity index (χ4v) is 3.96. The summed E-state index contributed by atoms with van der Waals surface area (Å²) in [6.07, 6.45) is 4.00. The second-order valence-electron chi connectivity index (χ2n) is 6.17. The molecular formula is C17H18FN5OS. The van der Waals surface area contributed by atoms with Crippen molar-refractivity contribution in [1.29, 1.82) is 0 Å². The molecule has 4 rings (SSSR count). The molecule has 1 saturated heterocycles. The van der Waals surface area contributed by atoms with E-state index in [-0.39, 0.29) is 17.8 Å². The number of nitrogens with one attached hydrogen (secondary N) is 2. The maximum Gasteiger partial charge on any atom is 0.277 e. The van der Waals surface area contributed by atoms with Gasteiger partial charge in [-0.1, -0.05) is 11.3 Å². The molecule has 1 unspecified atom stereocenters. The van der Waals surface area contributed by atoms with Gasteiger partial charge in [0.1, 0.15) is 5.82 Å². The Kier molecular flexibility index (Phi) is 4.22. The summed E-state index contributed by atoms with van der Waals surface area (Å²) >= 11 is 1.32. The van der Waals surface area contributed by atoms with E-state index in [9.17, 15) is 9.18 Å². The number of thiazole rings is 1. The lowest BCUT2D eigenvalue weighted by atomic mass is 10.1. The summed E-state index contributed by atoms with van der Waals surface area (Å²) in [5.74, 6) is -0.602. The number of rotatable bonds is 3. The van der Waals surface area contributed by atoms with Gasteiger partial charge in [-0.05, 0) is 44.5 Å². The fraction of sp³-hybridized carbons (Fsp3) is 0.353. The molecule has 3 heterocycles. The van der Waals surface area contributed by atoms with Crippen molar-refractivity contribution in [2.45, 2.75) is 25.8 Å². The maximum absolute atomic E-state index is 13.6. The number of fused-ring (bicyclic) bond motifs is 1. The molecule has 1 aliphatic heterocycles. The van der Waals surface area contributed by atoms with E-state index in [1.165, 1.54) is 17.4 Å². The number of benzene rings is 1. The van der Waals surface area contributed by atoms with Crippen molar-refractivity contribution in [2.24, 2.45) is 0 Å². The number of anilines is 1. The molecule has 3 aromatic rings. The molecule has 0 aliphatic carbocycles. The van der Waals surface area contributed by atoms with Crippen LogP contribution in [0.2, 0.25) is 0 Å². The lowest BCUT2D eigenvalue weighted by Gasteiger charge is -2.22. The third kappa shape index (κ3) is 3.14. The van der Waals surface area contributed by atoms with Gasteiger partial charge in [-0.2, -0.15) is 5.10 Å². The molecule has 0 spiro atoms. The number of piperidine rings is 1. The van der Waals surface area contributed by atoms with Gasteiger partial charge in [-0.3, -0.25) is 14.8 Å². The Morgan fingerprint density at radius 1 is 1.44 bits per heavy atom. The molecule has 2 aromatic heterocycles. The van der Waals surface area contributed by atoms with Gasteiger partial charge in [0, 0.05) is 18.3 Å². The van der Waals surface area contributed by atoms with Gasteiger partial charge in [0.25, 0.3) is 5.91 Å². The maximum atomic E-state index is 13.6. The van der Waals surface area contributed by atoms with Crippen LogP contribution in [-0.4, -0.2) is 33.8 Å². The summed E-state index contributed by atoms with van der Waals surface area (Å²) in [5, 5.41) is 10.9. The SMILES string of the molecule is Cc1c(F)ccc2sc(NC(=O)c3ccn(C4CCCNC4)n3)nc12. The van der Waals surface area contributed by atoms with Crippen LogP contribution in [0.1, 0.15) is 34.9 Å². The van der Waals surface area contributed by atoms with Crippen molar-refractivity contribution < 1.29 is 9.18 Å². The number of aromatic nitrogens is 3. The number of amides is 1. The third-order valence-corrected chi connectivity index (χ3v) is 5.39. The lowest BCUT2D eigenvalue weighted by molar-refractivity contribution is 0.102. The van der Waals surface area contributed by atoms with Crippen LogP contribution in [0.15, 0.2) is 24.4 Å². The van der Waals surface area contributed by atoms with E-state index >= 15 is 0 Å². The average Bonchev–Trinajstić information content (AvgIpc) is 3.26. The number of nitrogens with zero attached hydrogens (tertiary/aromatic N) is 3. The smallest absolute Gasteiger partial charge is 0.277 e. The Hall–Kier alpha value is -2.32. The highest BCUT2D eigenvalue weighted by atomic mass is 32.1. The average molecular weight is 359 g/mol. The summed E-state index contributed by atoms with van der Waals surface area (Å²) in [6.45, 7) is 3.58. The summed E-state index contributed by atoms with van der Waals surface area (Å²) in [5.41, 5.74) is 1.43. The second-order valence-corrected chi connectivity index (χ2v) is 7.20. The van der Waals surface area contributed by atoms with Gasteiger partial charge in [-0.25, -0.2) is 9.37 Å². The van der Waals surface area contributed by atoms with Crippen LogP contribution in [0.25, 0.3) is 10.2 Å². The van der Waals surface area contributed by atoms with E-state index in [1.807, 2.05) is 10.9 Å². The molecule has 1 aliphatic rings. The Labute approximate surface area is 148 Å². The molecule has 8 heteroatoms. The quantitative estimate of drug-likeness (QED) is 0.754. The van der Waals surface area contributed by atoms with E-state index in [0.29, 0.717) is 21.9 Å². The van der Waals surface area contributed by atoms with E-state index in [2.05, 4.69) is 20.7 Å². The number of hydrogen-bond donors (Lipinski definition) is 2. The summed E-state index contributed by atoms with van der Waals surface area (Å²) < 4.78 is 16.3. The third-order valence-electron chi connectivity index (χ3n) is 4.45. The molecule has 1 atom stereocenters. The van der Waals surface area contributed by atoms with Crippen LogP contribution in [0.4, 0.5) is 9.52 Å². The van der Waals surface area contributed by atoms with Crippen molar-refractivity contribution in [3.05, 3.63) is 41.5 Å². The number of carbonyl (C=O) groups excluding carboxylic acids is 1. The Morgan fingerprint density at radius 2 is 2.32 bits per heavy atom. The highest BCUT2D eigenvalue weighted by molar-refractivity contribution is 7.22. The molecule has 0 saturated carbocycles. The second kappa shape index (κ2) is 6.53. The van der Waals surface area contributed by atoms with Crippen LogP contribution in [-0.2, 0) is 0 Å². The standard InChI is InChI=1S/C17H18FN5OS/c1-10-12(18)4-5-14-15(10)20-17(25-14)21-16(24)13-6-8-23(22-13)11-3-2-7-19-9-11/h4-6,8,11,19H,2-3,7,9H2,1H3,(H,20,21,24). The first kappa shape index (κ1) is 16.2. The zero-order valence-corrected chi connectivity index (χ0v) is 14.6. The van der Waals surface area contributed by atoms with Gasteiger partial charge < -0.3 is 5.32 Å². The molecule has 1 fully saturated rings. The van der Waals surface area contributed by atoms with E-state index < -0.39 is 0 Å². The van der Waals surface area contributed by atoms with E-state index in [4.69, 9.17) is 0 Å².